The molecule has 0 aromatic carbocycles. The maximum absolute atomic E-state index is 5.99. The number of hydrogen-bond donors (Lipinski definition) is 0. The van der Waals surface area contributed by atoms with Crippen molar-refractivity contribution in [2.75, 3.05) is 6.61 Å². The minimum Gasteiger partial charge on any atom is -0.366 e. The van der Waals surface area contributed by atoms with Gasteiger partial charge in [-0.3, -0.25) is 0 Å². The van der Waals surface area contributed by atoms with Crippen molar-refractivity contribution in [2.45, 2.75) is 84.0 Å². The Morgan fingerprint density at radius 3 is 2.73 bits per heavy atom. The minimum absolute atomic E-state index is 0.132. The van der Waals surface area contributed by atoms with Crippen molar-refractivity contribution in [3.63, 3.8) is 0 Å². The van der Waals surface area contributed by atoms with E-state index in [-0.39, 0.29) is 11.7 Å². The third-order valence-corrected chi connectivity index (χ3v) is 5.57. The number of epoxide rings is 1. The molecular formula is C20H30O2. The number of ether oxygens (including phenoxy) is 2. The zero-order valence-electron chi connectivity index (χ0n) is 14.6. The second kappa shape index (κ2) is 6.33. The van der Waals surface area contributed by atoms with Gasteiger partial charge in [0.1, 0.15) is 0 Å². The normalized spacial score (nSPS) is 41.6. The smallest absolute Gasteiger partial charge is 0.0977 e. The molecule has 122 valence electrons. The Labute approximate surface area is 135 Å². The van der Waals surface area contributed by atoms with Crippen LogP contribution < -0.4 is 0 Å². The van der Waals surface area contributed by atoms with Crippen LogP contribution in [-0.4, -0.2) is 24.4 Å². The fourth-order valence-electron chi connectivity index (χ4n) is 3.77. The van der Waals surface area contributed by atoms with Crippen LogP contribution in [0.1, 0.15) is 66.2 Å². The summed E-state index contributed by atoms with van der Waals surface area (Å²) >= 11 is 0. The van der Waals surface area contributed by atoms with Gasteiger partial charge in [-0.15, -0.1) is 0 Å². The van der Waals surface area contributed by atoms with Crippen molar-refractivity contribution in [3.05, 3.63) is 34.4 Å². The van der Waals surface area contributed by atoms with Crippen molar-refractivity contribution in [2.24, 2.45) is 0 Å². The molecule has 0 spiro atoms. The third-order valence-electron chi connectivity index (χ3n) is 5.57. The van der Waals surface area contributed by atoms with Gasteiger partial charge in [0.05, 0.1) is 24.4 Å². The van der Waals surface area contributed by atoms with E-state index >= 15 is 0 Å². The van der Waals surface area contributed by atoms with Crippen LogP contribution in [0.25, 0.3) is 0 Å². The summed E-state index contributed by atoms with van der Waals surface area (Å²) in [5.41, 5.74) is 6.03. The molecule has 1 saturated heterocycles. The fraction of sp³-hybridized carbons (Fsp3) is 0.700. The summed E-state index contributed by atoms with van der Waals surface area (Å²) in [7, 11) is 0. The lowest BCUT2D eigenvalue weighted by atomic mass is 9.93. The summed E-state index contributed by atoms with van der Waals surface area (Å²) in [5.74, 6) is 0. The molecule has 0 amide bonds. The van der Waals surface area contributed by atoms with Crippen molar-refractivity contribution in [1.29, 1.82) is 0 Å². The van der Waals surface area contributed by atoms with E-state index in [0.29, 0.717) is 6.10 Å². The summed E-state index contributed by atoms with van der Waals surface area (Å²) < 4.78 is 12.0. The lowest BCUT2D eigenvalue weighted by molar-refractivity contribution is 0.150. The first-order valence-electron chi connectivity index (χ1n) is 8.79. The number of rotatable bonds is 0. The Morgan fingerprint density at radius 2 is 1.91 bits per heavy atom. The number of fused-ring (bicyclic) bond motifs is 2. The first-order chi connectivity index (χ1) is 10.5. The largest absolute Gasteiger partial charge is 0.366 e. The number of hydrogen-bond acceptors (Lipinski definition) is 2. The maximum atomic E-state index is 5.99. The quantitative estimate of drug-likeness (QED) is 0.458. The SMILES string of the molecule is CC1=C2CC/C(C)=C/CCC3(C)OC3CC/C(C)=C/C2OC1. The minimum atomic E-state index is 0.132. The van der Waals surface area contributed by atoms with E-state index in [9.17, 15) is 0 Å². The van der Waals surface area contributed by atoms with Crippen LogP contribution in [0.3, 0.4) is 0 Å². The van der Waals surface area contributed by atoms with Gasteiger partial charge in [-0.25, -0.2) is 0 Å². The lowest BCUT2D eigenvalue weighted by Gasteiger charge is -2.14. The summed E-state index contributed by atoms with van der Waals surface area (Å²) in [6, 6.07) is 0. The Balaban J connectivity index is 1.76. The second-order valence-electron chi connectivity index (χ2n) is 7.60. The monoisotopic (exact) mass is 302 g/mol. The van der Waals surface area contributed by atoms with Crippen LogP contribution in [0.2, 0.25) is 0 Å². The summed E-state index contributed by atoms with van der Waals surface area (Å²) in [5, 5.41) is 0. The van der Waals surface area contributed by atoms with E-state index in [1.165, 1.54) is 22.3 Å². The van der Waals surface area contributed by atoms with E-state index in [1.54, 1.807) is 0 Å². The summed E-state index contributed by atoms with van der Waals surface area (Å²) in [4.78, 5) is 0. The van der Waals surface area contributed by atoms with Gasteiger partial charge in [0, 0.05) is 0 Å². The summed E-state index contributed by atoms with van der Waals surface area (Å²) in [6.07, 6.45) is 12.3. The van der Waals surface area contributed by atoms with Crippen LogP contribution >= 0.6 is 0 Å². The molecule has 3 atom stereocenters. The second-order valence-corrected chi connectivity index (χ2v) is 7.60. The Hall–Kier alpha value is -0.860. The van der Waals surface area contributed by atoms with Crippen molar-refractivity contribution in [1.82, 2.24) is 0 Å². The predicted molar refractivity (Wildman–Crippen MR) is 90.9 cm³/mol. The van der Waals surface area contributed by atoms with E-state index in [1.807, 2.05) is 0 Å². The molecule has 2 heteroatoms. The summed E-state index contributed by atoms with van der Waals surface area (Å²) in [6.45, 7) is 9.81. The molecule has 0 N–H and O–H groups in total. The van der Waals surface area contributed by atoms with E-state index in [0.717, 1.165) is 45.1 Å². The molecule has 3 aliphatic rings. The standard InChI is InChI=1S/C20H30O2/c1-14-6-5-11-20(4)19(22-20)10-8-15(2)12-18-17(9-7-14)16(3)13-21-18/h6,12,18-19H,5,7-11,13H2,1-4H3/b14-6+,15-12+. The molecule has 0 saturated carbocycles. The molecule has 2 aliphatic heterocycles. The zero-order chi connectivity index (χ0) is 15.7. The zero-order valence-corrected chi connectivity index (χ0v) is 14.6. The molecule has 3 rings (SSSR count). The van der Waals surface area contributed by atoms with Crippen LogP contribution in [0.4, 0.5) is 0 Å². The molecular weight excluding hydrogens is 272 g/mol. The molecule has 0 aromatic rings. The average Bonchev–Trinajstić information content (AvgIpc) is 2.98. The topological polar surface area (TPSA) is 21.8 Å². The van der Waals surface area contributed by atoms with Gasteiger partial charge in [0.15, 0.2) is 0 Å². The number of allylic oxidation sites excluding steroid dienone is 3. The van der Waals surface area contributed by atoms with Crippen LogP contribution in [-0.2, 0) is 9.47 Å². The molecule has 2 nitrogen and oxygen atoms in total. The first-order valence-corrected chi connectivity index (χ1v) is 8.79. The van der Waals surface area contributed by atoms with Crippen molar-refractivity contribution < 1.29 is 9.47 Å². The van der Waals surface area contributed by atoms with Gasteiger partial charge in [-0.1, -0.05) is 23.3 Å². The Kier molecular flexibility index (Phi) is 4.61. The van der Waals surface area contributed by atoms with E-state index in [2.05, 4.69) is 39.8 Å². The molecule has 0 aromatic heterocycles. The van der Waals surface area contributed by atoms with Gasteiger partial charge in [-0.05, 0) is 77.4 Å². The fourth-order valence-corrected chi connectivity index (χ4v) is 3.77. The molecule has 1 fully saturated rings. The maximum Gasteiger partial charge on any atom is 0.0977 e. The Morgan fingerprint density at radius 1 is 1.09 bits per heavy atom. The van der Waals surface area contributed by atoms with Crippen LogP contribution in [0.5, 0.6) is 0 Å². The van der Waals surface area contributed by atoms with Crippen molar-refractivity contribution in [3.8, 4) is 0 Å². The molecule has 1 aliphatic carbocycles. The Bertz CT molecular complexity index is 526. The average molecular weight is 302 g/mol. The highest BCUT2D eigenvalue weighted by Crippen LogP contribution is 2.43. The highest BCUT2D eigenvalue weighted by Gasteiger charge is 2.50. The van der Waals surface area contributed by atoms with Gasteiger partial charge in [0.25, 0.3) is 0 Å². The third kappa shape index (κ3) is 3.55. The van der Waals surface area contributed by atoms with Gasteiger partial charge in [-0.2, -0.15) is 0 Å². The van der Waals surface area contributed by atoms with Crippen LogP contribution in [0.15, 0.2) is 34.4 Å². The van der Waals surface area contributed by atoms with E-state index in [4.69, 9.17) is 9.47 Å². The molecule has 0 radical (unpaired) electrons. The highest BCUT2D eigenvalue weighted by molar-refractivity contribution is 5.29. The van der Waals surface area contributed by atoms with Gasteiger partial charge in [0.2, 0.25) is 0 Å². The molecule has 2 heterocycles. The first kappa shape index (κ1) is 16.0. The van der Waals surface area contributed by atoms with Gasteiger partial charge < -0.3 is 9.47 Å². The predicted octanol–water partition coefficient (Wildman–Crippen LogP) is 5.11. The molecule has 0 bridgehead atoms. The van der Waals surface area contributed by atoms with Gasteiger partial charge >= 0.3 is 0 Å². The highest BCUT2D eigenvalue weighted by atomic mass is 16.6. The molecule has 22 heavy (non-hydrogen) atoms. The lowest BCUT2D eigenvalue weighted by Crippen LogP contribution is -2.11. The van der Waals surface area contributed by atoms with E-state index < -0.39 is 0 Å². The van der Waals surface area contributed by atoms with Crippen LogP contribution in [0, 0.1) is 0 Å². The molecule has 3 unspecified atom stereocenters. The van der Waals surface area contributed by atoms with Crippen molar-refractivity contribution >= 4 is 0 Å².